The van der Waals surface area contributed by atoms with Gasteiger partial charge in [-0.2, -0.15) is 0 Å². The minimum absolute atomic E-state index is 0.0422. The Hall–Kier alpha value is -3.08. The van der Waals surface area contributed by atoms with Gasteiger partial charge < -0.3 is 5.32 Å². The van der Waals surface area contributed by atoms with Crippen molar-refractivity contribution in [3.63, 3.8) is 0 Å². The molecule has 0 radical (unpaired) electrons. The Bertz CT molecular complexity index is 1250. The predicted molar refractivity (Wildman–Crippen MR) is 113 cm³/mol. The maximum absolute atomic E-state index is 12.9. The summed E-state index contributed by atoms with van der Waals surface area (Å²) in [6.07, 6.45) is 3.83. The number of sulfonamides is 1. The number of thiazole rings is 1. The van der Waals surface area contributed by atoms with Crippen LogP contribution >= 0.6 is 11.3 Å². The Morgan fingerprint density at radius 3 is 2.53 bits per heavy atom. The number of nitrogens with one attached hydrogen (secondary N) is 2. The molecule has 2 aromatic carbocycles. The maximum atomic E-state index is 12.9. The third-order valence-electron chi connectivity index (χ3n) is 4.33. The summed E-state index contributed by atoms with van der Waals surface area (Å²) < 4.78 is 41.5. The van der Waals surface area contributed by atoms with Gasteiger partial charge in [-0.1, -0.05) is 12.1 Å². The first-order valence-corrected chi connectivity index (χ1v) is 11.3. The first-order valence-electron chi connectivity index (χ1n) is 8.98. The average molecular weight is 445 g/mol. The topological polar surface area (TPSA) is 92.6 Å². The number of imidazole rings is 1. The molecule has 0 unspecified atom stereocenters. The lowest BCUT2D eigenvalue weighted by Crippen LogP contribution is -2.27. The summed E-state index contributed by atoms with van der Waals surface area (Å²) in [5, 5.41) is 4.69. The van der Waals surface area contributed by atoms with E-state index in [2.05, 4.69) is 15.0 Å². The molecule has 10 heteroatoms. The molecule has 0 aliphatic rings. The minimum Gasteiger partial charge on any atom is -0.326 e. The van der Waals surface area contributed by atoms with Crippen molar-refractivity contribution < 1.29 is 17.6 Å². The van der Waals surface area contributed by atoms with Gasteiger partial charge in [0, 0.05) is 42.0 Å². The molecular weight excluding hydrogens is 427 g/mol. The molecule has 0 spiro atoms. The van der Waals surface area contributed by atoms with E-state index >= 15 is 0 Å². The number of anilines is 1. The molecule has 1 amide bonds. The fraction of sp³-hybridized carbons (Fsp3) is 0.100. The molecule has 4 aromatic rings. The van der Waals surface area contributed by atoms with Crippen LogP contribution in [-0.2, 0) is 14.8 Å². The summed E-state index contributed by atoms with van der Waals surface area (Å²) in [4.78, 5) is 17.5. The summed E-state index contributed by atoms with van der Waals surface area (Å²) in [7, 11) is -3.79. The second-order valence-electron chi connectivity index (χ2n) is 6.45. The number of carbonyl (C=O) groups excluding carboxylic acids is 1. The molecule has 2 aromatic heterocycles. The standard InChI is InChI=1S/C20H17FN4O3S2/c21-15-3-7-17(8-4-15)30(27,28)22-10-9-19(26)23-16-5-1-14(2-6-16)18-13-25-11-12-29-20(25)24-18/h1-8,11-13,22H,9-10H2,(H,23,26). The molecular formula is C20H17FN4O3S2. The smallest absolute Gasteiger partial charge is 0.240 e. The van der Waals surface area contributed by atoms with Gasteiger partial charge in [-0.05, 0) is 36.4 Å². The number of amides is 1. The molecule has 4 rings (SSSR count). The molecule has 0 atom stereocenters. The number of aromatic nitrogens is 2. The lowest BCUT2D eigenvalue weighted by molar-refractivity contribution is -0.116. The number of fused-ring (bicyclic) bond motifs is 1. The summed E-state index contributed by atoms with van der Waals surface area (Å²) in [5.41, 5.74) is 2.37. The molecule has 2 heterocycles. The SMILES string of the molecule is O=C(CCNS(=O)(=O)c1ccc(F)cc1)Nc1ccc(-c2cn3ccsc3n2)cc1. The quantitative estimate of drug-likeness (QED) is 0.456. The molecule has 154 valence electrons. The van der Waals surface area contributed by atoms with E-state index in [0.717, 1.165) is 28.4 Å². The van der Waals surface area contributed by atoms with E-state index in [0.29, 0.717) is 5.69 Å². The molecule has 0 fully saturated rings. The van der Waals surface area contributed by atoms with Crippen molar-refractivity contribution in [1.29, 1.82) is 0 Å². The highest BCUT2D eigenvalue weighted by Crippen LogP contribution is 2.23. The van der Waals surface area contributed by atoms with Gasteiger partial charge in [-0.3, -0.25) is 9.20 Å². The van der Waals surface area contributed by atoms with Crippen molar-refractivity contribution in [2.75, 3.05) is 11.9 Å². The second-order valence-corrected chi connectivity index (χ2v) is 9.09. The van der Waals surface area contributed by atoms with Crippen LogP contribution in [0.15, 0.2) is 71.2 Å². The Kier molecular flexibility index (Phi) is 5.62. The molecule has 30 heavy (non-hydrogen) atoms. The van der Waals surface area contributed by atoms with E-state index < -0.39 is 15.8 Å². The molecule has 2 N–H and O–H groups in total. The lowest BCUT2D eigenvalue weighted by atomic mass is 10.1. The second kappa shape index (κ2) is 8.34. The highest BCUT2D eigenvalue weighted by atomic mass is 32.2. The van der Waals surface area contributed by atoms with Crippen LogP contribution in [0.3, 0.4) is 0 Å². The number of benzene rings is 2. The van der Waals surface area contributed by atoms with Gasteiger partial charge in [0.25, 0.3) is 0 Å². The van der Waals surface area contributed by atoms with E-state index in [-0.39, 0.29) is 23.8 Å². The normalized spacial score (nSPS) is 11.6. The Balaban J connectivity index is 1.30. The van der Waals surface area contributed by atoms with Gasteiger partial charge in [0.2, 0.25) is 15.9 Å². The van der Waals surface area contributed by atoms with Crippen LogP contribution in [0.2, 0.25) is 0 Å². The third kappa shape index (κ3) is 4.56. The van der Waals surface area contributed by atoms with Gasteiger partial charge in [0.05, 0.1) is 10.6 Å². The zero-order chi connectivity index (χ0) is 21.1. The van der Waals surface area contributed by atoms with E-state index in [1.54, 1.807) is 23.5 Å². The molecule has 0 saturated heterocycles. The molecule has 0 aliphatic heterocycles. The summed E-state index contributed by atoms with van der Waals surface area (Å²) in [5.74, 6) is -0.848. The van der Waals surface area contributed by atoms with Crippen LogP contribution < -0.4 is 10.0 Å². The first kappa shape index (κ1) is 20.2. The summed E-state index contributed by atoms with van der Waals surface area (Å²) >= 11 is 1.55. The summed E-state index contributed by atoms with van der Waals surface area (Å²) in [6, 6.07) is 11.7. The van der Waals surface area contributed by atoms with Crippen LogP contribution in [0.5, 0.6) is 0 Å². The first-order chi connectivity index (χ1) is 14.4. The van der Waals surface area contributed by atoms with Crippen molar-refractivity contribution in [2.24, 2.45) is 0 Å². The lowest BCUT2D eigenvalue weighted by Gasteiger charge is -2.08. The zero-order valence-corrected chi connectivity index (χ0v) is 17.2. The van der Waals surface area contributed by atoms with Gasteiger partial charge in [-0.15, -0.1) is 11.3 Å². The molecule has 7 nitrogen and oxygen atoms in total. The van der Waals surface area contributed by atoms with E-state index in [1.165, 1.54) is 12.1 Å². The van der Waals surface area contributed by atoms with Gasteiger partial charge >= 0.3 is 0 Å². The maximum Gasteiger partial charge on any atom is 0.240 e. The number of carbonyl (C=O) groups is 1. The van der Waals surface area contributed by atoms with E-state index in [1.807, 2.05) is 34.3 Å². The van der Waals surface area contributed by atoms with Gasteiger partial charge in [0.1, 0.15) is 5.82 Å². The van der Waals surface area contributed by atoms with Crippen LogP contribution in [0.25, 0.3) is 16.2 Å². The van der Waals surface area contributed by atoms with Crippen molar-refractivity contribution in [1.82, 2.24) is 14.1 Å². The summed E-state index contributed by atoms with van der Waals surface area (Å²) in [6.45, 7) is -0.0744. The number of hydrogen-bond acceptors (Lipinski definition) is 5. The van der Waals surface area contributed by atoms with Crippen LogP contribution in [-0.4, -0.2) is 30.3 Å². The highest BCUT2D eigenvalue weighted by Gasteiger charge is 2.14. The van der Waals surface area contributed by atoms with E-state index in [9.17, 15) is 17.6 Å². The van der Waals surface area contributed by atoms with Crippen LogP contribution in [0, 0.1) is 5.82 Å². The predicted octanol–water partition coefficient (Wildman–Crippen LogP) is 3.51. The Labute approximate surface area is 176 Å². The molecule has 0 saturated carbocycles. The molecule has 0 aliphatic carbocycles. The van der Waals surface area contributed by atoms with Crippen LogP contribution in [0.4, 0.5) is 10.1 Å². The highest BCUT2D eigenvalue weighted by molar-refractivity contribution is 7.89. The zero-order valence-electron chi connectivity index (χ0n) is 15.6. The van der Waals surface area contributed by atoms with Crippen molar-refractivity contribution in [3.05, 3.63) is 72.1 Å². The Morgan fingerprint density at radius 2 is 1.83 bits per heavy atom. The van der Waals surface area contributed by atoms with Gasteiger partial charge in [0.15, 0.2) is 4.96 Å². The van der Waals surface area contributed by atoms with Crippen molar-refractivity contribution in [2.45, 2.75) is 11.3 Å². The number of rotatable bonds is 7. The van der Waals surface area contributed by atoms with E-state index in [4.69, 9.17) is 0 Å². The monoisotopic (exact) mass is 444 g/mol. The molecule has 0 bridgehead atoms. The van der Waals surface area contributed by atoms with Crippen LogP contribution in [0.1, 0.15) is 6.42 Å². The number of nitrogens with zero attached hydrogens (tertiary/aromatic N) is 2. The Morgan fingerprint density at radius 1 is 1.10 bits per heavy atom. The van der Waals surface area contributed by atoms with Gasteiger partial charge in [-0.25, -0.2) is 22.5 Å². The number of hydrogen-bond donors (Lipinski definition) is 2. The minimum atomic E-state index is -3.79. The van der Waals surface area contributed by atoms with Crippen molar-refractivity contribution in [3.8, 4) is 11.3 Å². The number of halogens is 1. The third-order valence-corrected chi connectivity index (χ3v) is 6.57. The average Bonchev–Trinajstić information content (AvgIpc) is 3.31. The largest absolute Gasteiger partial charge is 0.326 e. The fourth-order valence-electron chi connectivity index (χ4n) is 2.81. The van der Waals surface area contributed by atoms with Crippen molar-refractivity contribution >= 4 is 37.9 Å². The fourth-order valence-corrected chi connectivity index (χ4v) is 4.54.